The molecule has 0 radical (unpaired) electrons. The van der Waals surface area contributed by atoms with Crippen LogP contribution in [0.4, 0.5) is 13.2 Å². The summed E-state index contributed by atoms with van der Waals surface area (Å²) in [5.74, 6) is -0.515. The Balaban J connectivity index is 1.21. The fourth-order valence-corrected chi connectivity index (χ4v) is 4.75. The summed E-state index contributed by atoms with van der Waals surface area (Å²) in [5, 5.41) is 5.08. The van der Waals surface area contributed by atoms with Crippen LogP contribution < -0.4 is 9.50 Å². The van der Waals surface area contributed by atoms with Crippen molar-refractivity contribution in [2.75, 3.05) is 19.6 Å². The Morgan fingerprint density at radius 3 is 2.62 bits per heavy atom. The van der Waals surface area contributed by atoms with Gasteiger partial charge in [0, 0.05) is 25.7 Å². The third kappa shape index (κ3) is 6.90. The van der Waals surface area contributed by atoms with E-state index in [0.717, 1.165) is 53.4 Å². The molecular weight excluding hydrogens is 505 g/mol. The summed E-state index contributed by atoms with van der Waals surface area (Å²) in [5.41, 5.74) is -2.80. The van der Waals surface area contributed by atoms with Crippen LogP contribution in [0.5, 0.6) is 5.75 Å². The predicted molar refractivity (Wildman–Crippen MR) is 136 cm³/mol. The highest BCUT2D eigenvalue weighted by atomic mass is 32.2. The minimum atomic E-state index is -5.70. The van der Waals surface area contributed by atoms with Crippen LogP contribution in [0.3, 0.4) is 0 Å². The number of fused-ring (bicyclic) bond motifs is 2. The second-order valence-corrected chi connectivity index (χ2v) is 10.4. The normalized spacial score (nSPS) is 14.6. The van der Waals surface area contributed by atoms with Gasteiger partial charge in [-0.2, -0.15) is 21.6 Å². The van der Waals surface area contributed by atoms with Gasteiger partial charge in [-0.1, -0.05) is 48.5 Å². The lowest BCUT2D eigenvalue weighted by Gasteiger charge is -2.29. The van der Waals surface area contributed by atoms with Gasteiger partial charge in [-0.25, -0.2) is 0 Å². The predicted octanol–water partition coefficient (Wildman–Crippen LogP) is 5.04. The molecule has 0 aromatic heterocycles. The quantitative estimate of drug-likeness (QED) is 0.181. The van der Waals surface area contributed by atoms with Crippen molar-refractivity contribution in [3.63, 3.8) is 0 Å². The smallest absolute Gasteiger partial charge is 0.376 e. The van der Waals surface area contributed by atoms with Crippen LogP contribution >= 0.6 is 0 Å². The van der Waals surface area contributed by atoms with E-state index in [1.54, 1.807) is 12.1 Å². The monoisotopic (exact) mass is 532 g/mol. The number of rotatable bonds is 9. The molecule has 3 aromatic rings. The number of hydrogen-bond donors (Lipinski definition) is 1. The lowest BCUT2D eigenvalue weighted by atomic mass is 9.99. The highest BCUT2D eigenvalue weighted by Crippen LogP contribution is 2.29. The van der Waals surface area contributed by atoms with E-state index < -0.39 is 15.6 Å². The Labute approximate surface area is 213 Å². The Morgan fingerprint density at radius 1 is 1.03 bits per heavy atom. The first-order valence-corrected chi connectivity index (χ1v) is 13.3. The number of carbonyl (C=O) groups excluding carboxylic acids is 1. The first kappa shape index (κ1) is 26.7. The van der Waals surface area contributed by atoms with Gasteiger partial charge in [0.05, 0.1) is 0 Å². The zero-order valence-corrected chi connectivity index (χ0v) is 20.8. The van der Waals surface area contributed by atoms with E-state index in [2.05, 4.69) is 14.4 Å². The van der Waals surface area contributed by atoms with E-state index >= 15 is 0 Å². The van der Waals surface area contributed by atoms with Gasteiger partial charge in [0.15, 0.2) is 0 Å². The molecule has 0 fully saturated rings. The number of nitrogens with one attached hydrogen (secondary N) is 1. The number of carbonyl (C=O) groups is 1. The van der Waals surface area contributed by atoms with Gasteiger partial charge in [-0.3, -0.25) is 9.69 Å². The second-order valence-electron chi connectivity index (χ2n) is 8.84. The lowest BCUT2D eigenvalue weighted by molar-refractivity contribution is -0.116. The average molecular weight is 533 g/mol. The van der Waals surface area contributed by atoms with Crippen LogP contribution in [0, 0.1) is 0 Å². The minimum Gasteiger partial charge on any atom is -0.376 e. The van der Waals surface area contributed by atoms with E-state index in [0.29, 0.717) is 19.5 Å². The molecular formula is C27H27F3N2O4S. The van der Waals surface area contributed by atoms with E-state index in [1.807, 2.05) is 42.5 Å². The Morgan fingerprint density at radius 2 is 1.81 bits per heavy atom. The maximum absolute atomic E-state index is 12.6. The number of halogens is 3. The van der Waals surface area contributed by atoms with Gasteiger partial charge in [0.25, 0.3) is 0 Å². The van der Waals surface area contributed by atoms with Crippen molar-refractivity contribution in [3.8, 4) is 5.75 Å². The molecule has 1 aliphatic heterocycles. The number of alkyl halides is 3. The van der Waals surface area contributed by atoms with Crippen molar-refractivity contribution >= 4 is 32.9 Å². The summed E-state index contributed by atoms with van der Waals surface area (Å²) in [6, 6.07) is 18.1. The standard InChI is InChI=1S/C27H27F3N2O4S/c28-27(29,30)37(34,35)36-24-12-10-20-14-17-32(19-23(20)18-24)16-4-3-15-31-26(33)13-11-22-8-5-7-21-6-1-2-9-25(21)22/h1-2,5-13,18H,3-4,14-17,19H2,(H,31,33)/b13-11+. The average Bonchev–Trinajstić information content (AvgIpc) is 2.86. The van der Waals surface area contributed by atoms with Gasteiger partial charge in [-0.15, -0.1) is 0 Å². The lowest BCUT2D eigenvalue weighted by Crippen LogP contribution is -2.32. The molecule has 4 rings (SSSR count). The SMILES string of the molecule is O=C(/C=C/c1cccc2ccccc12)NCCCCN1CCc2ccc(OS(=O)(=O)C(F)(F)F)cc2C1. The Kier molecular flexibility index (Phi) is 8.19. The molecule has 0 saturated carbocycles. The fraction of sp³-hybridized carbons (Fsp3) is 0.296. The van der Waals surface area contributed by atoms with Crippen LogP contribution in [0.2, 0.25) is 0 Å². The van der Waals surface area contributed by atoms with Crippen LogP contribution in [-0.2, 0) is 27.9 Å². The highest BCUT2D eigenvalue weighted by Gasteiger charge is 2.48. The molecule has 0 saturated heterocycles. The maximum atomic E-state index is 12.6. The molecule has 196 valence electrons. The first-order chi connectivity index (χ1) is 17.6. The van der Waals surface area contributed by atoms with E-state index in [4.69, 9.17) is 0 Å². The van der Waals surface area contributed by atoms with Gasteiger partial charge < -0.3 is 9.50 Å². The van der Waals surface area contributed by atoms with Crippen molar-refractivity contribution in [1.82, 2.24) is 10.2 Å². The summed E-state index contributed by atoms with van der Waals surface area (Å²) in [4.78, 5) is 14.4. The molecule has 3 aromatic carbocycles. The van der Waals surface area contributed by atoms with Gasteiger partial charge in [-0.05, 0) is 71.5 Å². The highest BCUT2D eigenvalue weighted by molar-refractivity contribution is 7.88. The summed E-state index contributed by atoms with van der Waals surface area (Å²) in [6.07, 6.45) is 5.63. The van der Waals surface area contributed by atoms with Crippen molar-refractivity contribution in [3.05, 3.63) is 83.4 Å². The molecule has 0 unspecified atom stereocenters. The Bertz CT molecular complexity index is 1400. The molecule has 0 atom stereocenters. The van der Waals surface area contributed by atoms with E-state index in [1.165, 1.54) is 18.2 Å². The third-order valence-electron chi connectivity index (χ3n) is 6.20. The zero-order chi connectivity index (χ0) is 26.5. The number of unbranched alkanes of at least 4 members (excludes halogenated alkanes) is 1. The summed E-state index contributed by atoms with van der Waals surface area (Å²) >= 11 is 0. The summed E-state index contributed by atoms with van der Waals surface area (Å²) < 4.78 is 64.6. The van der Waals surface area contributed by atoms with Crippen LogP contribution in [-0.4, -0.2) is 44.4 Å². The van der Waals surface area contributed by atoms with Gasteiger partial charge in [0.2, 0.25) is 5.91 Å². The number of hydrogen-bond acceptors (Lipinski definition) is 5. The van der Waals surface area contributed by atoms with Gasteiger partial charge >= 0.3 is 15.6 Å². The molecule has 6 nitrogen and oxygen atoms in total. The molecule has 37 heavy (non-hydrogen) atoms. The molecule has 0 spiro atoms. The minimum absolute atomic E-state index is 0.166. The van der Waals surface area contributed by atoms with Crippen molar-refractivity contribution in [1.29, 1.82) is 0 Å². The molecule has 10 heteroatoms. The van der Waals surface area contributed by atoms with E-state index in [9.17, 15) is 26.4 Å². The Hall–Kier alpha value is -3.37. The number of amides is 1. The molecule has 1 N–H and O–H groups in total. The third-order valence-corrected chi connectivity index (χ3v) is 7.18. The maximum Gasteiger partial charge on any atom is 0.534 e. The van der Waals surface area contributed by atoms with Gasteiger partial charge in [0.1, 0.15) is 5.75 Å². The van der Waals surface area contributed by atoms with Crippen molar-refractivity contribution < 1.29 is 30.6 Å². The van der Waals surface area contributed by atoms with Crippen LogP contribution in [0.1, 0.15) is 29.5 Å². The molecule has 1 aliphatic rings. The van der Waals surface area contributed by atoms with Crippen molar-refractivity contribution in [2.45, 2.75) is 31.3 Å². The van der Waals surface area contributed by atoms with Crippen molar-refractivity contribution in [2.24, 2.45) is 0 Å². The summed E-state index contributed by atoms with van der Waals surface area (Å²) in [7, 11) is -5.70. The molecule has 0 bridgehead atoms. The molecule has 1 heterocycles. The molecule has 0 aliphatic carbocycles. The van der Waals surface area contributed by atoms with Crippen LogP contribution in [0.25, 0.3) is 16.8 Å². The first-order valence-electron chi connectivity index (χ1n) is 11.9. The number of benzene rings is 3. The van der Waals surface area contributed by atoms with Crippen LogP contribution in [0.15, 0.2) is 66.7 Å². The summed E-state index contributed by atoms with van der Waals surface area (Å²) in [6.45, 7) is 2.54. The van der Waals surface area contributed by atoms with E-state index in [-0.39, 0.29) is 11.7 Å². The fourth-order valence-electron chi connectivity index (χ4n) is 4.30. The largest absolute Gasteiger partial charge is 0.534 e. The topological polar surface area (TPSA) is 75.7 Å². The second kappa shape index (κ2) is 11.4. The zero-order valence-electron chi connectivity index (χ0n) is 20.0. The number of nitrogens with zero attached hydrogens (tertiary/aromatic N) is 1. The molecule has 1 amide bonds.